The Balaban J connectivity index is 1.50. The highest BCUT2D eigenvalue weighted by Crippen LogP contribution is 2.61. The van der Waals surface area contributed by atoms with Crippen LogP contribution in [0.3, 0.4) is 0 Å². The van der Waals surface area contributed by atoms with Gasteiger partial charge in [0.25, 0.3) is 0 Å². The molecule has 4 saturated carbocycles. The predicted molar refractivity (Wildman–Crippen MR) is 78.8 cm³/mol. The highest BCUT2D eigenvalue weighted by atomic mass is 32.1. The quantitative estimate of drug-likeness (QED) is 0.720. The number of amides is 1. The van der Waals surface area contributed by atoms with Crippen molar-refractivity contribution in [2.24, 2.45) is 23.2 Å². The number of rotatable bonds is 2. The molecule has 3 heteroatoms. The van der Waals surface area contributed by atoms with Gasteiger partial charge in [-0.3, -0.25) is 4.79 Å². The van der Waals surface area contributed by atoms with Crippen LogP contribution in [-0.4, -0.2) is 22.3 Å². The van der Waals surface area contributed by atoms with Crippen molar-refractivity contribution in [2.75, 3.05) is 6.54 Å². The summed E-state index contributed by atoms with van der Waals surface area (Å²) in [5.41, 5.74) is 0.365. The van der Waals surface area contributed by atoms with E-state index in [1.807, 2.05) is 4.90 Å². The maximum Gasteiger partial charge on any atom is 0.227 e. The lowest BCUT2D eigenvalue weighted by Gasteiger charge is -2.56. The number of carbonyl (C=O) groups is 1. The van der Waals surface area contributed by atoms with E-state index in [0.717, 1.165) is 48.5 Å². The first-order valence-electron chi connectivity index (χ1n) is 7.97. The molecule has 0 spiro atoms. The van der Waals surface area contributed by atoms with E-state index in [9.17, 15) is 4.79 Å². The van der Waals surface area contributed by atoms with Gasteiger partial charge in [-0.2, -0.15) is 0 Å². The number of thiocarbonyl (C=S) groups is 1. The summed E-state index contributed by atoms with van der Waals surface area (Å²) in [6.45, 7) is 0.879. The molecular formula is C16H23NOS. The van der Waals surface area contributed by atoms with E-state index in [4.69, 9.17) is 12.2 Å². The second kappa shape index (κ2) is 4.28. The topological polar surface area (TPSA) is 20.3 Å². The van der Waals surface area contributed by atoms with E-state index in [1.165, 1.54) is 38.5 Å². The minimum Gasteiger partial charge on any atom is -0.307 e. The van der Waals surface area contributed by atoms with E-state index < -0.39 is 0 Å². The van der Waals surface area contributed by atoms with Crippen molar-refractivity contribution in [1.82, 2.24) is 4.90 Å². The van der Waals surface area contributed by atoms with Crippen LogP contribution in [0.15, 0.2) is 0 Å². The molecule has 1 heterocycles. The van der Waals surface area contributed by atoms with E-state index in [1.54, 1.807) is 0 Å². The molecule has 1 aliphatic heterocycles. The molecule has 0 N–H and O–H groups in total. The summed E-state index contributed by atoms with van der Waals surface area (Å²) in [4.78, 5) is 15.4. The fourth-order valence-corrected chi connectivity index (χ4v) is 6.17. The summed E-state index contributed by atoms with van der Waals surface area (Å²) in [6, 6.07) is 0. The van der Waals surface area contributed by atoms with Crippen LogP contribution in [0.25, 0.3) is 0 Å². The molecule has 0 atom stereocenters. The summed E-state index contributed by atoms with van der Waals surface area (Å²) < 4.78 is 0. The van der Waals surface area contributed by atoms with Crippen molar-refractivity contribution in [1.29, 1.82) is 0 Å². The molecule has 5 rings (SSSR count). The summed E-state index contributed by atoms with van der Waals surface area (Å²) in [5, 5.41) is 0. The molecule has 19 heavy (non-hydrogen) atoms. The normalized spacial score (nSPS) is 44.1. The highest BCUT2D eigenvalue weighted by molar-refractivity contribution is 7.80. The van der Waals surface area contributed by atoms with Crippen molar-refractivity contribution in [3.05, 3.63) is 0 Å². The summed E-state index contributed by atoms with van der Waals surface area (Å²) in [6.07, 6.45) is 11.1. The molecule has 2 nitrogen and oxygen atoms in total. The first-order chi connectivity index (χ1) is 9.13. The van der Waals surface area contributed by atoms with E-state index in [0.29, 0.717) is 11.3 Å². The molecule has 4 bridgehead atoms. The molecule has 1 amide bonds. The van der Waals surface area contributed by atoms with Crippen LogP contribution in [0.4, 0.5) is 0 Å². The molecule has 4 aliphatic carbocycles. The van der Waals surface area contributed by atoms with Gasteiger partial charge in [0.2, 0.25) is 5.91 Å². The Hall–Kier alpha value is -0.440. The zero-order valence-corrected chi connectivity index (χ0v) is 12.4. The zero-order valence-electron chi connectivity index (χ0n) is 11.6. The molecule has 104 valence electrons. The van der Waals surface area contributed by atoms with Crippen LogP contribution in [0, 0.1) is 23.2 Å². The summed E-state index contributed by atoms with van der Waals surface area (Å²) >= 11 is 5.33. The first-order valence-corrected chi connectivity index (χ1v) is 8.38. The van der Waals surface area contributed by atoms with Crippen molar-refractivity contribution in [3.8, 4) is 0 Å². The van der Waals surface area contributed by atoms with Gasteiger partial charge in [0.15, 0.2) is 0 Å². The molecule has 5 fully saturated rings. The maximum absolute atomic E-state index is 12.6. The average molecular weight is 277 g/mol. The molecule has 1 saturated heterocycles. The van der Waals surface area contributed by atoms with Gasteiger partial charge in [0.05, 0.1) is 4.99 Å². The molecule has 0 aromatic heterocycles. The van der Waals surface area contributed by atoms with Gasteiger partial charge in [-0.15, -0.1) is 0 Å². The molecule has 0 unspecified atom stereocenters. The van der Waals surface area contributed by atoms with Gasteiger partial charge < -0.3 is 4.90 Å². The smallest absolute Gasteiger partial charge is 0.227 e. The Bertz CT molecular complexity index is 395. The lowest BCUT2D eigenvalue weighted by atomic mass is 9.49. The van der Waals surface area contributed by atoms with Crippen molar-refractivity contribution < 1.29 is 4.79 Å². The number of hydrogen-bond donors (Lipinski definition) is 0. The number of likely N-dealkylation sites (tertiary alicyclic amines) is 1. The Morgan fingerprint density at radius 1 is 1.16 bits per heavy atom. The number of carbonyl (C=O) groups excluding carboxylic acids is 1. The second-order valence-electron chi connectivity index (χ2n) is 7.64. The third-order valence-corrected chi connectivity index (χ3v) is 6.49. The van der Waals surface area contributed by atoms with Gasteiger partial charge in [-0.1, -0.05) is 12.2 Å². The van der Waals surface area contributed by atoms with Crippen molar-refractivity contribution in [3.63, 3.8) is 0 Å². The lowest BCUT2D eigenvalue weighted by Crippen LogP contribution is -2.48. The van der Waals surface area contributed by atoms with Gasteiger partial charge in [-0.05, 0) is 68.1 Å². The van der Waals surface area contributed by atoms with Gasteiger partial charge in [0.1, 0.15) is 0 Å². The number of nitrogens with zero attached hydrogens (tertiary/aromatic N) is 1. The Kier molecular flexibility index (Phi) is 2.77. The van der Waals surface area contributed by atoms with E-state index >= 15 is 0 Å². The highest BCUT2D eigenvalue weighted by Gasteiger charge is 2.51. The van der Waals surface area contributed by atoms with Gasteiger partial charge >= 0.3 is 0 Å². The summed E-state index contributed by atoms with van der Waals surface area (Å²) in [5.74, 6) is 3.14. The third-order valence-electron chi connectivity index (χ3n) is 6.07. The van der Waals surface area contributed by atoms with E-state index in [-0.39, 0.29) is 0 Å². The second-order valence-corrected chi connectivity index (χ2v) is 8.11. The van der Waals surface area contributed by atoms with Crippen molar-refractivity contribution >= 4 is 23.1 Å². The predicted octanol–water partition coefficient (Wildman–Crippen LogP) is 3.54. The van der Waals surface area contributed by atoms with Gasteiger partial charge in [-0.25, -0.2) is 0 Å². The Morgan fingerprint density at radius 3 is 2.21 bits per heavy atom. The minimum absolute atomic E-state index is 0.337. The van der Waals surface area contributed by atoms with E-state index in [2.05, 4.69) is 0 Å². The van der Waals surface area contributed by atoms with Crippen LogP contribution >= 0.6 is 12.2 Å². The van der Waals surface area contributed by atoms with Crippen LogP contribution in [0.1, 0.15) is 57.8 Å². The van der Waals surface area contributed by atoms with Crippen LogP contribution < -0.4 is 0 Å². The van der Waals surface area contributed by atoms with Crippen molar-refractivity contribution in [2.45, 2.75) is 57.8 Å². The third kappa shape index (κ3) is 2.05. The Morgan fingerprint density at radius 2 is 1.74 bits per heavy atom. The molecular weight excluding hydrogens is 254 g/mol. The van der Waals surface area contributed by atoms with Crippen LogP contribution in [-0.2, 0) is 4.79 Å². The molecule has 0 aromatic rings. The van der Waals surface area contributed by atoms with Crippen LogP contribution in [0.2, 0.25) is 0 Å². The standard InChI is InChI=1S/C16H23NOS/c18-14(17-3-1-2-15(17)19)10-16-7-11-4-12(8-16)6-13(5-11)9-16/h11-13H,1-10H2. The summed E-state index contributed by atoms with van der Waals surface area (Å²) in [7, 11) is 0. The fourth-order valence-electron chi connectivity index (χ4n) is 5.83. The molecule has 0 radical (unpaired) electrons. The minimum atomic E-state index is 0.337. The van der Waals surface area contributed by atoms with Gasteiger partial charge in [0, 0.05) is 19.4 Å². The maximum atomic E-state index is 12.6. The Labute approximate surface area is 120 Å². The zero-order chi connectivity index (χ0) is 13.0. The van der Waals surface area contributed by atoms with Crippen LogP contribution in [0.5, 0.6) is 0 Å². The molecule has 0 aromatic carbocycles. The largest absolute Gasteiger partial charge is 0.307 e. The number of hydrogen-bond acceptors (Lipinski definition) is 2. The monoisotopic (exact) mass is 277 g/mol. The molecule has 5 aliphatic rings. The average Bonchev–Trinajstić information content (AvgIpc) is 2.72. The fraction of sp³-hybridized carbons (Fsp3) is 0.875. The SMILES string of the molecule is O=C(CC12CC3CC(CC(C3)C1)C2)N1CCCC1=S. The first kappa shape index (κ1) is 12.3. The lowest BCUT2D eigenvalue weighted by molar-refractivity contribution is -0.135.